The molecule has 0 spiro atoms. The van der Waals surface area contributed by atoms with Crippen LogP contribution < -0.4 is 10.2 Å². The van der Waals surface area contributed by atoms with Gasteiger partial charge in [0, 0.05) is 17.7 Å². The summed E-state index contributed by atoms with van der Waals surface area (Å²) in [6.07, 6.45) is 1.24. The van der Waals surface area contributed by atoms with Crippen molar-refractivity contribution in [3.05, 3.63) is 87.2 Å². The number of barbiturate groups is 1. The van der Waals surface area contributed by atoms with Crippen LogP contribution in [0, 0.1) is 24.0 Å². The fraction of sp³-hybridized carbons (Fsp3) is 0.0870. The smallest absolute Gasteiger partial charge is 0.335 e. The average Bonchev–Trinajstić information content (AvgIpc) is 3.21. The van der Waals surface area contributed by atoms with E-state index in [1.165, 1.54) is 24.3 Å². The number of nitro groups is 1. The second-order valence-electron chi connectivity index (χ2n) is 7.20. The molecule has 1 N–H and O–H groups in total. The molecule has 0 bridgehead atoms. The van der Waals surface area contributed by atoms with Crippen molar-refractivity contribution < 1.29 is 23.7 Å². The van der Waals surface area contributed by atoms with Crippen LogP contribution in [0.5, 0.6) is 0 Å². The van der Waals surface area contributed by atoms with E-state index in [-0.39, 0.29) is 17.0 Å². The van der Waals surface area contributed by atoms with Gasteiger partial charge in [-0.25, -0.2) is 9.69 Å². The van der Waals surface area contributed by atoms with Gasteiger partial charge in [0.1, 0.15) is 17.1 Å². The molecule has 160 valence electrons. The predicted octanol–water partition coefficient (Wildman–Crippen LogP) is 4.14. The molecule has 1 aliphatic rings. The maximum absolute atomic E-state index is 13.0. The summed E-state index contributed by atoms with van der Waals surface area (Å²) in [6, 6.07) is 13.5. The number of hydrogen-bond acceptors (Lipinski definition) is 6. The van der Waals surface area contributed by atoms with Crippen LogP contribution in [0.25, 0.3) is 17.4 Å². The van der Waals surface area contributed by atoms with Gasteiger partial charge in [0.25, 0.3) is 17.5 Å². The van der Waals surface area contributed by atoms with E-state index in [1.54, 1.807) is 50.2 Å². The molecule has 32 heavy (non-hydrogen) atoms. The Bertz CT molecular complexity index is 1320. The number of nitrogens with one attached hydrogen (secondary N) is 1. The zero-order valence-corrected chi connectivity index (χ0v) is 17.1. The van der Waals surface area contributed by atoms with Crippen LogP contribution in [-0.2, 0) is 9.59 Å². The fourth-order valence-electron chi connectivity index (χ4n) is 3.40. The molecule has 2 heterocycles. The Morgan fingerprint density at radius 2 is 1.75 bits per heavy atom. The van der Waals surface area contributed by atoms with E-state index in [4.69, 9.17) is 4.42 Å². The van der Waals surface area contributed by atoms with Gasteiger partial charge in [-0.05, 0) is 49.2 Å². The largest absolute Gasteiger partial charge is 0.457 e. The van der Waals surface area contributed by atoms with E-state index < -0.39 is 22.8 Å². The highest BCUT2D eigenvalue weighted by atomic mass is 16.6. The van der Waals surface area contributed by atoms with Crippen LogP contribution in [0.1, 0.15) is 16.9 Å². The molecule has 4 rings (SSSR count). The van der Waals surface area contributed by atoms with Gasteiger partial charge in [-0.15, -0.1) is 0 Å². The number of aryl methyl sites for hydroxylation is 2. The minimum absolute atomic E-state index is 0.0869. The summed E-state index contributed by atoms with van der Waals surface area (Å²) >= 11 is 0. The minimum atomic E-state index is -0.839. The van der Waals surface area contributed by atoms with Crippen LogP contribution >= 0.6 is 0 Å². The number of para-hydroxylation sites is 1. The van der Waals surface area contributed by atoms with Crippen molar-refractivity contribution in [3.63, 3.8) is 0 Å². The first-order valence-electron chi connectivity index (χ1n) is 9.58. The Morgan fingerprint density at radius 3 is 2.47 bits per heavy atom. The maximum Gasteiger partial charge on any atom is 0.335 e. The van der Waals surface area contributed by atoms with Crippen LogP contribution in [0.4, 0.5) is 16.2 Å². The lowest BCUT2D eigenvalue weighted by molar-refractivity contribution is -0.384. The van der Waals surface area contributed by atoms with Crippen molar-refractivity contribution in [2.75, 3.05) is 4.90 Å². The summed E-state index contributed by atoms with van der Waals surface area (Å²) in [5.41, 5.74) is 1.96. The SMILES string of the molecule is Cc1ccc([N+](=O)[O-])cc1-c1ccc(/C=C2\C(=O)NC(=O)N(c3ccccc3C)C2=O)o1. The number of anilines is 1. The summed E-state index contributed by atoms with van der Waals surface area (Å²) in [5.74, 6) is -1.09. The van der Waals surface area contributed by atoms with Gasteiger partial charge in [-0.1, -0.05) is 24.3 Å². The first-order chi connectivity index (χ1) is 15.3. The average molecular weight is 431 g/mol. The van der Waals surface area contributed by atoms with Gasteiger partial charge in [-0.2, -0.15) is 0 Å². The van der Waals surface area contributed by atoms with Gasteiger partial charge in [0.05, 0.1) is 10.6 Å². The molecule has 0 atom stereocenters. The van der Waals surface area contributed by atoms with E-state index in [2.05, 4.69) is 5.32 Å². The number of carbonyl (C=O) groups is 3. The Morgan fingerprint density at radius 1 is 1.00 bits per heavy atom. The predicted molar refractivity (Wildman–Crippen MR) is 116 cm³/mol. The Balaban J connectivity index is 1.71. The molecular formula is C23H17N3O6. The number of nitro benzene ring substituents is 1. The van der Waals surface area contributed by atoms with E-state index in [1.807, 2.05) is 0 Å². The lowest BCUT2D eigenvalue weighted by atomic mass is 10.1. The second kappa shape index (κ2) is 7.95. The Kier molecular flexibility index (Phi) is 5.15. The van der Waals surface area contributed by atoms with E-state index in [0.29, 0.717) is 22.6 Å². The third kappa shape index (κ3) is 3.67. The molecule has 1 saturated heterocycles. The third-order valence-electron chi connectivity index (χ3n) is 5.07. The van der Waals surface area contributed by atoms with Gasteiger partial charge >= 0.3 is 6.03 Å². The molecule has 0 aliphatic carbocycles. The Hall–Kier alpha value is -4.53. The number of hydrogen-bond donors (Lipinski definition) is 1. The van der Waals surface area contributed by atoms with Gasteiger partial charge in [-0.3, -0.25) is 25.0 Å². The first-order valence-corrected chi connectivity index (χ1v) is 9.58. The lowest BCUT2D eigenvalue weighted by Crippen LogP contribution is -2.54. The Labute approximate surface area is 182 Å². The number of amides is 4. The van der Waals surface area contributed by atoms with Crippen molar-refractivity contribution >= 4 is 35.3 Å². The van der Waals surface area contributed by atoms with Crippen molar-refractivity contribution in [1.82, 2.24) is 5.32 Å². The number of imide groups is 2. The highest BCUT2D eigenvalue weighted by Gasteiger charge is 2.37. The number of non-ortho nitro benzene ring substituents is 1. The summed E-state index contributed by atoms with van der Waals surface area (Å²) in [6.45, 7) is 3.53. The molecular weight excluding hydrogens is 414 g/mol. The second-order valence-corrected chi connectivity index (χ2v) is 7.20. The maximum atomic E-state index is 13.0. The zero-order chi connectivity index (χ0) is 23.0. The summed E-state index contributed by atoms with van der Waals surface area (Å²) < 4.78 is 5.74. The molecule has 9 heteroatoms. The molecule has 3 aromatic rings. The topological polar surface area (TPSA) is 123 Å². The van der Waals surface area contributed by atoms with Crippen molar-refractivity contribution in [2.45, 2.75) is 13.8 Å². The molecule has 1 aromatic heterocycles. The van der Waals surface area contributed by atoms with Gasteiger partial charge in [0.15, 0.2) is 0 Å². The zero-order valence-electron chi connectivity index (χ0n) is 17.1. The number of nitrogens with zero attached hydrogens (tertiary/aromatic N) is 2. The van der Waals surface area contributed by atoms with E-state index in [0.717, 1.165) is 10.5 Å². The molecule has 2 aromatic carbocycles. The molecule has 9 nitrogen and oxygen atoms in total. The highest BCUT2D eigenvalue weighted by Crippen LogP contribution is 2.30. The first kappa shape index (κ1) is 20.7. The van der Waals surface area contributed by atoms with Crippen LogP contribution in [0.15, 0.2) is 64.6 Å². The molecule has 0 unspecified atom stereocenters. The quantitative estimate of drug-likeness (QED) is 0.287. The fourth-order valence-corrected chi connectivity index (χ4v) is 3.40. The number of furan rings is 1. The number of urea groups is 1. The molecule has 0 saturated carbocycles. The lowest BCUT2D eigenvalue weighted by Gasteiger charge is -2.27. The standard InChI is InChI=1S/C23H17N3O6/c1-13-7-8-15(26(30)31)11-17(13)20-10-9-16(32-20)12-18-21(27)24-23(29)25(22(18)28)19-6-4-3-5-14(19)2/h3-12H,1-2H3,(H,24,27,29)/b18-12+. The summed E-state index contributed by atoms with van der Waals surface area (Å²) in [4.78, 5) is 49.2. The normalized spacial score (nSPS) is 15.2. The van der Waals surface area contributed by atoms with E-state index >= 15 is 0 Å². The highest BCUT2D eigenvalue weighted by molar-refractivity contribution is 6.39. The van der Waals surface area contributed by atoms with Crippen LogP contribution in [0.2, 0.25) is 0 Å². The summed E-state index contributed by atoms with van der Waals surface area (Å²) in [7, 11) is 0. The van der Waals surface area contributed by atoms with Crippen molar-refractivity contribution in [1.29, 1.82) is 0 Å². The van der Waals surface area contributed by atoms with Gasteiger partial charge in [0.2, 0.25) is 0 Å². The summed E-state index contributed by atoms with van der Waals surface area (Å²) in [5, 5.41) is 13.3. The monoisotopic (exact) mass is 431 g/mol. The molecule has 4 amide bonds. The molecule has 0 radical (unpaired) electrons. The van der Waals surface area contributed by atoms with Crippen molar-refractivity contribution in [2.24, 2.45) is 0 Å². The molecule has 1 aliphatic heterocycles. The number of rotatable bonds is 4. The molecule has 1 fully saturated rings. The van der Waals surface area contributed by atoms with Gasteiger partial charge < -0.3 is 4.42 Å². The van der Waals surface area contributed by atoms with Crippen LogP contribution in [-0.4, -0.2) is 22.8 Å². The minimum Gasteiger partial charge on any atom is -0.457 e. The van der Waals surface area contributed by atoms with E-state index in [9.17, 15) is 24.5 Å². The van der Waals surface area contributed by atoms with Crippen molar-refractivity contribution in [3.8, 4) is 11.3 Å². The number of carbonyl (C=O) groups excluding carboxylic acids is 3. The third-order valence-corrected chi connectivity index (χ3v) is 5.07. The number of benzene rings is 2. The van der Waals surface area contributed by atoms with Crippen LogP contribution in [0.3, 0.4) is 0 Å².